The molecular formula is C72H135NO8. The van der Waals surface area contributed by atoms with E-state index in [-0.39, 0.29) is 12.5 Å². The molecule has 0 aromatic heterocycles. The number of ether oxygens (including phenoxy) is 2. The molecule has 9 nitrogen and oxygen atoms in total. The first-order chi connectivity index (χ1) is 39.8. The van der Waals surface area contributed by atoms with Gasteiger partial charge in [0, 0.05) is 6.42 Å². The summed E-state index contributed by atoms with van der Waals surface area (Å²) in [6.45, 7) is 3.80. The number of carbonyl (C=O) groups excluding carboxylic acids is 1. The Morgan fingerprint density at radius 3 is 1.04 bits per heavy atom. The third kappa shape index (κ3) is 50.1. The van der Waals surface area contributed by atoms with E-state index in [1.54, 1.807) is 6.08 Å². The van der Waals surface area contributed by atoms with Gasteiger partial charge in [0.05, 0.1) is 25.4 Å². The lowest BCUT2D eigenvalue weighted by Crippen LogP contribution is -2.60. The van der Waals surface area contributed by atoms with Gasteiger partial charge in [0.2, 0.25) is 5.91 Å². The molecule has 476 valence electrons. The quantitative estimate of drug-likeness (QED) is 0.0261. The number of aliphatic hydroxyl groups is 5. The predicted molar refractivity (Wildman–Crippen MR) is 346 cm³/mol. The molecule has 1 rings (SSSR count). The monoisotopic (exact) mass is 1140 g/mol. The summed E-state index contributed by atoms with van der Waals surface area (Å²) in [6.07, 6.45) is 76.6. The topological polar surface area (TPSA) is 149 Å². The van der Waals surface area contributed by atoms with Crippen LogP contribution < -0.4 is 5.32 Å². The highest BCUT2D eigenvalue weighted by atomic mass is 16.7. The third-order valence-corrected chi connectivity index (χ3v) is 16.9. The number of carbonyl (C=O) groups is 1. The van der Waals surface area contributed by atoms with Crippen molar-refractivity contribution in [3.8, 4) is 0 Å². The van der Waals surface area contributed by atoms with Gasteiger partial charge in [0.1, 0.15) is 24.4 Å². The van der Waals surface area contributed by atoms with Crippen LogP contribution in [0.3, 0.4) is 0 Å². The fourth-order valence-electron chi connectivity index (χ4n) is 11.3. The SMILES string of the molecule is CCCCCCCCCC/C=C\CCCCCCCCCCCCCCCC(=O)NC(COC1OC(CO)C(O)C(O)C1O)C(O)/C=C/CC/C=C/CC/C=C/CCCCCCCCCCCCCCCCCCCCCCCCC. The third-order valence-electron chi connectivity index (χ3n) is 16.9. The summed E-state index contributed by atoms with van der Waals surface area (Å²) in [4.78, 5) is 13.1. The summed E-state index contributed by atoms with van der Waals surface area (Å²) in [5.41, 5.74) is 0. The predicted octanol–water partition coefficient (Wildman–Crippen LogP) is 19.2. The lowest BCUT2D eigenvalue weighted by atomic mass is 9.99. The van der Waals surface area contributed by atoms with Crippen molar-refractivity contribution in [3.63, 3.8) is 0 Å². The van der Waals surface area contributed by atoms with E-state index in [2.05, 4.69) is 55.6 Å². The average Bonchev–Trinajstić information content (AvgIpc) is 3.49. The lowest BCUT2D eigenvalue weighted by Gasteiger charge is -2.40. The van der Waals surface area contributed by atoms with Crippen LogP contribution in [0.15, 0.2) is 48.6 Å². The Hall–Kier alpha value is -1.85. The van der Waals surface area contributed by atoms with E-state index in [1.807, 2.05) is 6.08 Å². The Kier molecular flexibility index (Phi) is 58.3. The van der Waals surface area contributed by atoms with E-state index in [0.717, 1.165) is 44.9 Å². The van der Waals surface area contributed by atoms with E-state index in [1.165, 1.54) is 283 Å². The number of hydrogen-bond acceptors (Lipinski definition) is 8. The van der Waals surface area contributed by atoms with E-state index in [4.69, 9.17) is 9.47 Å². The molecule has 1 amide bonds. The molecule has 81 heavy (non-hydrogen) atoms. The smallest absolute Gasteiger partial charge is 0.220 e. The van der Waals surface area contributed by atoms with Crippen LogP contribution in [-0.4, -0.2) is 87.5 Å². The molecule has 9 heteroatoms. The summed E-state index contributed by atoms with van der Waals surface area (Å²) in [7, 11) is 0. The molecule has 7 unspecified atom stereocenters. The average molecular weight is 1140 g/mol. The number of aliphatic hydroxyl groups excluding tert-OH is 5. The van der Waals surface area contributed by atoms with Gasteiger partial charge in [-0.15, -0.1) is 0 Å². The standard InChI is InChI=1S/C72H135NO8/c1-3-5-7-9-11-13-15-17-19-21-23-25-27-29-30-31-32-33-34-35-36-38-39-41-43-45-47-49-51-53-55-57-59-61-66(75)65(64-80-72-71(79)70(78)69(77)67(63-74)81-72)73-68(76)62-60-58-56-54-52-50-48-46-44-42-40-37-28-26-24-22-20-18-16-14-12-10-8-6-4-2/h22,24,43,45,51,53,59,61,65-67,69-72,74-75,77-79H,3-21,23,25-42,44,46-50,52,54-58,60,62-64H2,1-2H3,(H,73,76)/b24-22-,45-43+,53-51+,61-59+. The van der Waals surface area contributed by atoms with Gasteiger partial charge in [0.15, 0.2) is 6.29 Å². The largest absolute Gasteiger partial charge is 0.394 e. The summed E-state index contributed by atoms with van der Waals surface area (Å²) in [5.74, 6) is -0.187. The van der Waals surface area contributed by atoms with Gasteiger partial charge >= 0.3 is 0 Å². The van der Waals surface area contributed by atoms with Gasteiger partial charge in [-0.1, -0.05) is 319 Å². The van der Waals surface area contributed by atoms with Crippen LogP contribution >= 0.6 is 0 Å². The van der Waals surface area contributed by atoms with E-state index < -0.39 is 49.5 Å². The molecule has 0 bridgehead atoms. The van der Waals surface area contributed by atoms with Gasteiger partial charge in [0.25, 0.3) is 0 Å². The summed E-state index contributed by atoms with van der Waals surface area (Å²) < 4.78 is 11.3. The fourth-order valence-corrected chi connectivity index (χ4v) is 11.3. The molecule has 0 aromatic rings. The van der Waals surface area contributed by atoms with Crippen molar-refractivity contribution in [2.24, 2.45) is 0 Å². The van der Waals surface area contributed by atoms with Gasteiger partial charge in [-0.25, -0.2) is 0 Å². The summed E-state index contributed by atoms with van der Waals surface area (Å²) in [5, 5.41) is 54.7. The van der Waals surface area contributed by atoms with Gasteiger partial charge in [-0.2, -0.15) is 0 Å². The minimum absolute atomic E-state index is 0.187. The highest BCUT2D eigenvalue weighted by molar-refractivity contribution is 5.76. The summed E-state index contributed by atoms with van der Waals surface area (Å²) in [6, 6.07) is -0.830. The highest BCUT2D eigenvalue weighted by Crippen LogP contribution is 2.23. The van der Waals surface area contributed by atoms with Crippen molar-refractivity contribution in [2.45, 2.75) is 391 Å². The number of allylic oxidation sites excluding steroid dienone is 7. The van der Waals surface area contributed by atoms with E-state index >= 15 is 0 Å². The molecule has 7 atom stereocenters. The maximum atomic E-state index is 13.1. The first-order valence-corrected chi connectivity index (χ1v) is 35.4. The molecule has 0 radical (unpaired) electrons. The van der Waals surface area contributed by atoms with Crippen molar-refractivity contribution in [2.75, 3.05) is 13.2 Å². The Morgan fingerprint density at radius 1 is 0.407 bits per heavy atom. The number of amides is 1. The van der Waals surface area contributed by atoms with Crippen LogP contribution in [-0.2, 0) is 14.3 Å². The molecule has 1 saturated heterocycles. The minimum Gasteiger partial charge on any atom is -0.394 e. The molecular weight excluding hydrogens is 1010 g/mol. The molecule has 6 N–H and O–H groups in total. The molecule has 0 spiro atoms. The second-order valence-electron chi connectivity index (χ2n) is 24.7. The molecule has 0 saturated carbocycles. The Labute approximate surface area is 501 Å². The molecule has 1 fully saturated rings. The van der Waals surface area contributed by atoms with E-state index in [0.29, 0.717) is 6.42 Å². The maximum absolute atomic E-state index is 13.1. The van der Waals surface area contributed by atoms with Gasteiger partial charge < -0.3 is 40.3 Å². The number of nitrogens with one attached hydrogen (secondary N) is 1. The maximum Gasteiger partial charge on any atom is 0.220 e. The molecule has 0 aromatic carbocycles. The fraction of sp³-hybridized carbons (Fsp3) is 0.875. The molecule has 1 heterocycles. The van der Waals surface area contributed by atoms with Crippen LogP contribution in [0.25, 0.3) is 0 Å². The van der Waals surface area contributed by atoms with Crippen molar-refractivity contribution >= 4 is 5.91 Å². The van der Waals surface area contributed by atoms with Crippen molar-refractivity contribution in [1.82, 2.24) is 5.32 Å². The minimum atomic E-state index is -1.58. The Balaban J connectivity index is 2.16. The van der Waals surface area contributed by atoms with Crippen LogP contribution in [0.5, 0.6) is 0 Å². The second kappa shape index (κ2) is 61.2. The van der Waals surface area contributed by atoms with Crippen LogP contribution in [0.4, 0.5) is 0 Å². The summed E-state index contributed by atoms with van der Waals surface area (Å²) >= 11 is 0. The second-order valence-corrected chi connectivity index (χ2v) is 24.7. The Bertz CT molecular complexity index is 1420. The number of rotatable bonds is 62. The zero-order valence-corrected chi connectivity index (χ0v) is 53.3. The number of unbranched alkanes of at least 4 members (excludes halogenated alkanes) is 46. The number of hydrogen-bond donors (Lipinski definition) is 6. The van der Waals surface area contributed by atoms with Crippen molar-refractivity contribution in [3.05, 3.63) is 48.6 Å². The van der Waals surface area contributed by atoms with Gasteiger partial charge in [-0.05, 0) is 70.6 Å². The van der Waals surface area contributed by atoms with Gasteiger partial charge in [-0.3, -0.25) is 4.79 Å². The highest BCUT2D eigenvalue weighted by Gasteiger charge is 2.44. The Morgan fingerprint density at radius 2 is 0.704 bits per heavy atom. The van der Waals surface area contributed by atoms with Crippen molar-refractivity contribution in [1.29, 1.82) is 0 Å². The van der Waals surface area contributed by atoms with Crippen LogP contribution in [0.2, 0.25) is 0 Å². The van der Waals surface area contributed by atoms with E-state index in [9.17, 15) is 30.3 Å². The van der Waals surface area contributed by atoms with Crippen LogP contribution in [0.1, 0.15) is 348 Å². The lowest BCUT2D eigenvalue weighted by molar-refractivity contribution is -0.302. The first kappa shape index (κ1) is 77.2. The molecule has 0 aliphatic carbocycles. The normalized spacial score (nSPS) is 18.6. The van der Waals surface area contributed by atoms with Crippen molar-refractivity contribution < 1.29 is 39.8 Å². The zero-order chi connectivity index (χ0) is 58.6. The van der Waals surface area contributed by atoms with Crippen LogP contribution in [0, 0.1) is 0 Å². The molecule has 1 aliphatic rings. The zero-order valence-electron chi connectivity index (χ0n) is 53.3. The molecule has 1 aliphatic heterocycles. The first-order valence-electron chi connectivity index (χ1n) is 35.4.